The first-order chi connectivity index (χ1) is 12.6. The number of rotatable bonds is 3. The van der Waals surface area contributed by atoms with Crippen LogP contribution in [0.4, 0.5) is 0 Å². The number of hydrogen-bond acceptors (Lipinski definition) is 7. The summed E-state index contributed by atoms with van der Waals surface area (Å²) in [4.78, 5) is 24.8. The molecule has 8 heteroatoms. The second kappa shape index (κ2) is 7.74. The van der Waals surface area contributed by atoms with Crippen LogP contribution in [-0.2, 0) is 0 Å². The molecule has 2 aliphatic rings. The number of nitrogens with zero attached hydrogens (tertiary/aromatic N) is 4. The van der Waals surface area contributed by atoms with E-state index in [4.69, 9.17) is 0 Å². The number of amides is 1. The number of β-amino-alcohol motifs (C(OH)–C–C–N with tert-alkyl or cyclic N) is 1. The van der Waals surface area contributed by atoms with E-state index < -0.39 is 6.10 Å². The van der Waals surface area contributed by atoms with Gasteiger partial charge in [-0.15, -0.1) is 22.7 Å². The monoisotopic (exact) mass is 392 g/mol. The quantitative estimate of drug-likeness (QED) is 0.862. The Morgan fingerprint density at radius 2 is 2.04 bits per heavy atom. The summed E-state index contributed by atoms with van der Waals surface area (Å²) in [6, 6.07) is 4.16. The van der Waals surface area contributed by atoms with Crippen LogP contribution in [-0.4, -0.2) is 89.2 Å². The number of likely N-dealkylation sites (tertiary alicyclic amines) is 1. The minimum Gasteiger partial charge on any atom is -0.390 e. The molecule has 6 nitrogen and oxygen atoms in total. The molecule has 0 spiro atoms. The van der Waals surface area contributed by atoms with Crippen LogP contribution in [0.2, 0.25) is 0 Å². The number of piperidine rings is 1. The van der Waals surface area contributed by atoms with E-state index in [1.807, 2.05) is 22.9 Å². The van der Waals surface area contributed by atoms with Crippen LogP contribution in [0.1, 0.15) is 16.9 Å². The fourth-order valence-corrected chi connectivity index (χ4v) is 5.34. The maximum Gasteiger partial charge on any atom is 0.273 e. The molecule has 0 saturated carbocycles. The molecule has 26 heavy (non-hydrogen) atoms. The molecule has 2 saturated heterocycles. The van der Waals surface area contributed by atoms with Crippen molar-refractivity contribution < 1.29 is 9.90 Å². The third-order valence-electron chi connectivity index (χ3n) is 5.30. The Kier molecular flexibility index (Phi) is 5.37. The van der Waals surface area contributed by atoms with Crippen LogP contribution < -0.4 is 0 Å². The number of aromatic nitrogens is 1. The molecule has 0 aromatic carbocycles. The Morgan fingerprint density at radius 1 is 1.23 bits per heavy atom. The number of carbonyl (C=O) groups is 1. The van der Waals surface area contributed by atoms with Gasteiger partial charge in [0.15, 0.2) is 0 Å². The first-order valence-electron chi connectivity index (χ1n) is 9.01. The molecule has 2 aliphatic heterocycles. The van der Waals surface area contributed by atoms with E-state index >= 15 is 0 Å². The molecule has 2 atom stereocenters. The van der Waals surface area contributed by atoms with Crippen molar-refractivity contribution in [3.63, 3.8) is 0 Å². The van der Waals surface area contributed by atoms with Gasteiger partial charge >= 0.3 is 0 Å². The van der Waals surface area contributed by atoms with Gasteiger partial charge in [0.25, 0.3) is 5.91 Å². The fourth-order valence-electron chi connectivity index (χ4n) is 3.73. The molecule has 1 N–H and O–H groups in total. The first-order valence-corrected chi connectivity index (χ1v) is 10.8. The Hall–Kier alpha value is -1.32. The molecule has 2 aromatic heterocycles. The number of thiazole rings is 1. The highest BCUT2D eigenvalue weighted by molar-refractivity contribution is 7.20. The van der Waals surface area contributed by atoms with E-state index in [0.29, 0.717) is 18.8 Å². The Bertz CT molecular complexity index is 740. The predicted octanol–water partition coefficient (Wildman–Crippen LogP) is 1.69. The molecule has 140 valence electrons. The molecule has 0 unspecified atom stereocenters. The van der Waals surface area contributed by atoms with E-state index in [0.717, 1.165) is 42.5 Å². The number of piperazine rings is 1. The summed E-state index contributed by atoms with van der Waals surface area (Å²) in [7, 11) is 2.13. The highest BCUT2D eigenvalue weighted by Gasteiger charge is 2.35. The number of carbonyl (C=O) groups excluding carboxylic acids is 1. The average Bonchev–Trinajstić information content (AvgIpc) is 3.33. The van der Waals surface area contributed by atoms with Crippen molar-refractivity contribution in [2.24, 2.45) is 0 Å². The number of hydrogen-bond donors (Lipinski definition) is 1. The smallest absolute Gasteiger partial charge is 0.273 e. The number of aliphatic hydroxyl groups excluding tert-OH is 1. The van der Waals surface area contributed by atoms with Gasteiger partial charge in [-0.3, -0.25) is 9.69 Å². The predicted molar refractivity (Wildman–Crippen MR) is 105 cm³/mol. The zero-order valence-corrected chi connectivity index (χ0v) is 16.5. The molecule has 2 aromatic rings. The largest absolute Gasteiger partial charge is 0.390 e. The van der Waals surface area contributed by atoms with Crippen LogP contribution in [0.3, 0.4) is 0 Å². The van der Waals surface area contributed by atoms with Crippen molar-refractivity contribution >= 4 is 28.6 Å². The Labute approximate surface area is 161 Å². The third-order valence-corrected chi connectivity index (χ3v) is 7.18. The molecule has 0 bridgehead atoms. The third kappa shape index (κ3) is 3.70. The highest BCUT2D eigenvalue weighted by Crippen LogP contribution is 2.28. The Morgan fingerprint density at radius 3 is 2.73 bits per heavy atom. The van der Waals surface area contributed by atoms with E-state index in [1.165, 1.54) is 11.3 Å². The SMILES string of the molecule is CN1CCN([C@@H]2CCN(C(=O)c3csc(-c4cccs4)n3)C[C@H]2O)CC1. The summed E-state index contributed by atoms with van der Waals surface area (Å²) in [5.74, 6) is -0.0695. The van der Waals surface area contributed by atoms with Crippen LogP contribution in [0, 0.1) is 0 Å². The van der Waals surface area contributed by atoms with Crippen molar-refractivity contribution in [1.82, 2.24) is 19.7 Å². The van der Waals surface area contributed by atoms with Gasteiger partial charge in [-0.25, -0.2) is 4.98 Å². The summed E-state index contributed by atoms with van der Waals surface area (Å²) in [6.07, 6.45) is 0.324. The Balaban J connectivity index is 1.38. The minimum absolute atomic E-state index is 0.0695. The zero-order chi connectivity index (χ0) is 18.1. The lowest BCUT2D eigenvalue weighted by Gasteiger charge is -2.44. The lowest BCUT2D eigenvalue weighted by Crippen LogP contribution is -2.59. The van der Waals surface area contributed by atoms with Gasteiger partial charge in [-0.2, -0.15) is 0 Å². The second-order valence-corrected chi connectivity index (χ2v) is 8.83. The fraction of sp³-hybridized carbons (Fsp3) is 0.556. The minimum atomic E-state index is -0.494. The number of aliphatic hydroxyl groups is 1. The van der Waals surface area contributed by atoms with Crippen molar-refractivity contribution in [2.75, 3.05) is 46.3 Å². The van der Waals surface area contributed by atoms with Crippen molar-refractivity contribution in [2.45, 2.75) is 18.6 Å². The van der Waals surface area contributed by atoms with Crippen LogP contribution >= 0.6 is 22.7 Å². The first kappa shape index (κ1) is 18.1. The molecular formula is C18H24N4O2S2. The topological polar surface area (TPSA) is 59.9 Å². The van der Waals surface area contributed by atoms with Gasteiger partial charge < -0.3 is 14.9 Å². The zero-order valence-electron chi connectivity index (χ0n) is 14.9. The molecule has 4 rings (SSSR count). The molecule has 2 fully saturated rings. The van der Waals surface area contributed by atoms with Crippen molar-refractivity contribution in [1.29, 1.82) is 0 Å². The summed E-state index contributed by atoms with van der Waals surface area (Å²) >= 11 is 3.13. The van der Waals surface area contributed by atoms with Gasteiger partial charge in [-0.1, -0.05) is 6.07 Å². The van der Waals surface area contributed by atoms with Crippen LogP contribution in [0.5, 0.6) is 0 Å². The molecule has 1 amide bonds. The van der Waals surface area contributed by atoms with Crippen LogP contribution in [0.25, 0.3) is 9.88 Å². The molecular weight excluding hydrogens is 368 g/mol. The van der Waals surface area contributed by atoms with E-state index in [-0.39, 0.29) is 11.9 Å². The van der Waals surface area contributed by atoms with Crippen LogP contribution in [0.15, 0.2) is 22.9 Å². The van der Waals surface area contributed by atoms with E-state index in [9.17, 15) is 9.90 Å². The maximum absolute atomic E-state index is 12.8. The summed E-state index contributed by atoms with van der Waals surface area (Å²) in [5, 5.41) is 15.4. The van der Waals surface area contributed by atoms with Gasteiger partial charge in [0.1, 0.15) is 10.7 Å². The van der Waals surface area contributed by atoms with Gasteiger partial charge in [0.2, 0.25) is 0 Å². The van der Waals surface area contributed by atoms with Crippen molar-refractivity contribution in [3.05, 3.63) is 28.6 Å². The molecule has 4 heterocycles. The summed E-state index contributed by atoms with van der Waals surface area (Å²) < 4.78 is 0. The number of thiophene rings is 1. The van der Waals surface area contributed by atoms with Gasteiger partial charge in [-0.05, 0) is 24.9 Å². The molecule has 0 aliphatic carbocycles. The number of likely N-dealkylation sites (N-methyl/N-ethyl adjacent to an activating group) is 1. The van der Waals surface area contributed by atoms with Crippen molar-refractivity contribution in [3.8, 4) is 9.88 Å². The maximum atomic E-state index is 12.8. The normalized spacial score (nSPS) is 25.5. The lowest BCUT2D eigenvalue weighted by atomic mass is 9.99. The van der Waals surface area contributed by atoms with Gasteiger partial charge in [0, 0.05) is 50.7 Å². The van der Waals surface area contributed by atoms with E-state index in [1.54, 1.807) is 16.2 Å². The summed E-state index contributed by atoms with van der Waals surface area (Å²) in [5.41, 5.74) is 0.489. The molecule has 0 radical (unpaired) electrons. The lowest BCUT2D eigenvalue weighted by molar-refractivity contribution is -0.0220. The van der Waals surface area contributed by atoms with Gasteiger partial charge in [0.05, 0.1) is 11.0 Å². The standard InChI is InChI=1S/C18H24N4O2S2/c1-20-6-8-21(9-7-20)14-4-5-22(11-15(14)23)18(24)13-12-26-17(19-13)16-3-2-10-25-16/h2-3,10,12,14-15,23H,4-9,11H2,1H3/t14-,15-/m1/s1. The second-order valence-electron chi connectivity index (χ2n) is 7.03. The highest BCUT2D eigenvalue weighted by atomic mass is 32.1. The summed E-state index contributed by atoms with van der Waals surface area (Å²) in [6.45, 7) is 5.12. The van der Waals surface area contributed by atoms with E-state index in [2.05, 4.69) is 21.8 Å². The average molecular weight is 393 g/mol.